The molecule has 4 aromatic carbocycles. The molecule has 41 heavy (non-hydrogen) atoms. The Morgan fingerprint density at radius 3 is 2.17 bits per heavy atom. The molecule has 0 saturated carbocycles. The molecular weight excluding hydrogens is 518 g/mol. The van der Waals surface area contributed by atoms with Crippen LogP contribution in [0.1, 0.15) is 15.9 Å². The first-order chi connectivity index (χ1) is 19.9. The van der Waals surface area contributed by atoms with E-state index in [4.69, 9.17) is 5.10 Å². The van der Waals surface area contributed by atoms with Gasteiger partial charge in [0.05, 0.1) is 16.0 Å². The molecular formula is C32H27N5O4. The lowest BCUT2D eigenvalue weighted by Crippen LogP contribution is -2.48. The molecule has 1 amide bonds. The molecule has 9 nitrogen and oxygen atoms in total. The predicted octanol–water partition coefficient (Wildman–Crippen LogP) is 5.23. The minimum absolute atomic E-state index is 0.0230. The highest BCUT2D eigenvalue weighted by molar-refractivity contribution is 5.95. The lowest BCUT2D eigenvalue weighted by Gasteiger charge is -2.36. The summed E-state index contributed by atoms with van der Waals surface area (Å²) in [6, 6.07) is 28.9. The number of benzene rings is 4. The summed E-state index contributed by atoms with van der Waals surface area (Å²) < 4.78 is 1.15. The molecule has 6 rings (SSSR count). The molecule has 0 spiro atoms. The van der Waals surface area contributed by atoms with Crippen molar-refractivity contribution in [3.8, 4) is 16.9 Å². The van der Waals surface area contributed by atoms with Crippen molar-refractivity contribution in [3.63, 3.8) is 0 Å². The monoisotopic (exact) mass is 545 g/mol. The summed E-state index contributed by atoms with van der Waals surface area (Å²) in [6.07, 6.45) is 0. The van der Waals surface area contributed by atoms with Gasteiger partial charge in [-0.3, -0.25) is 19.7 Å². The van der Waals surface area contributed by atoms with E-state index in [1.54, 1.807) is 41.3 Å². The molecule has 1 fully saturated rings. The van der Waals surface area contributed by atoms with Crippen molar-refractivity contribution < 1.29 is 9.72 Å². The maximum Gasteiger partial charge on any atom is 0.295 e. The number of hydrogen-bond donors (Lipinski definition) is 0. The minimum Gasteiger partial charge on any atom is -0.368 e. The van der Waals surface area contributed by atoms with Gasteiger partial charge in [-0.1, -0.05) is 66.2 Å². The van der Waals surface area contributed by atoms with Gasteiger partial charge < -0.3 is 9.80 Å². The van der Waals surface area contributed by atoms with Crippen molar-refractivity contribution in [2.24, 2.45) is 0 Å². The SMILES string of the molecule is Cc1ccc(-c2nn(-c3cc(N4CCN(C(=O)c5ccccc5)CC4)ccc3[N+](=O)[O-])c(=O)c3ccccc23)cc1. The Bertz CT molecular complexity index is 1830. The lowest BCUT2D eigenvalue weighted by molar-refractivity contribution is -0.384. The Kier molecular flexibility index (Phi) is 6.76. The number of hydrogen-bond acceptors (Lipinski definition) is 6. The van der Waals surface area contributed by atoms with E-state index in [1.807, 2.05) is 61.5 Å². The standard InChI is InChI=1S/C32H27N5O4/c1-22-11-13-23(14-12-22)30-26-9-5-6-10-27(26)32(39)36(33-30)29-21-25(15-16-28(29)37(40)41)34-17-19-35(20-18-34)31(38)24-7-3-2-4-8-24/h2-16,21H,17-20H2,1H3. The van der Waals surface area contributed by atoms with Crippen LogP contribution in [0.3, 0.4) is 0 Å². The first-order valence-electron chi connectivity index (χ1n) is 13.4. The van der Waals surface area contributed by atoms with E-state index >= 15 is 0 Å². The van der Waals surface area contributed by atoms with Crippen molar-refractivity contribution in [1.82, 2.24) is 14.7 Å². The zero-order valence-corrected chi connectivity index (χ0v) is 22.4. The van der Waals surface area contributed by atoms with Gasteiger partial charge in [-0.05, 0) is 37.3 Å². The van der Waals surface area contributed by atoms with Crippen molar-refractivity contribution in [1.29, 1.82) is 0 Å². The Morgan fingerprint density at radius 1 is 0.829 bits per heavy atom. The fourth-order valence-corrected chi connectivity index (χ4v) is 5.24. The number of aryl methyl sites for hydroxylation is 1. The van der Waals surface area contributed by atoms with E-state index in [0.29, 0.717) is 48.2 Å². The molecule has 0 bridgehead atoms. The number of anilines is 1. The topological polar surface area (TPSA) is 102 Å². The number of rotatable bonds is 5. The maximum atomic E-state index is 13.7. The maximum absolute atomic E-state index is 13.7. The van der Waals surface area contributed by atoms with E-state index in [1.165, 1.54) is 6.07 Å². The highest BCUT2D eigenvalue weighted by Gasteiger charge is 2.26. The molecule has 1 aromatic heterocycles. The van der Waals surface area contributed by atoms with Crippen LogP contribution in [0.2, 0.25) is 0 Å². The summed E-state index contributed by atoms with van der Waals surface area (Å²) in [5, 5.41) is 17.9. The van der Waals surface area contributed by atoms with Crippen LogP contribution >= 0.6 is 0 Å². The van der Waals surface area contributed by atoms with Crippen molar-refractivity contribution >= 4 is 28.1 Å². The fourth-order valence-electron chi connectivity index (χ4n) is 5.24. The van der Waals surface area contributed by atoms with Crippen molar-refractivity contribution in [3.05, 3.63) is 129 Å². The van der Waals surface area contributed by atoms with Crippen LogP contribution in [0, 0.1) is 17.0 Å². The predicted molar refractivity (Wildman–Crippen MR) is 159 cm³/mol. The van der Waals surface area contributed by atoms with Crippen LogP contribution in [0.25, 0.3) is 27.7 Å². The molecule has 204 valence electrons. The van der Waals surface area contributed by atoms with Gasteiger partial charge in [0.15, 0.2) is 0 Å². The highest BCUT2D eigenvalue weighted by Crippen LogP contribution is 2.31. The molecule has 5 aromatic rings. The van der Waals surface area contributed by atoms with Crippen LogP contribution in [0.5, 0.6) is 0 Å². The number of carbonyl (C=O) groups is 1. The number of nitrogens with zero attached hydrogens (tertiary/aromatic N) is 5. The number of aromatic nitrogens is 2. The van der Waals surface area contributed by atoms with Gasteiger partial charge in [0.25, 0.3) is 17.2 Å². The van der Waals surface area contributed by atoms with Crippen LogP contribution in [0.15, 0.2) is 102 Å². The van der Waals surface area contributed by atoms with E-state index in [-0.39, 0.29) is 17.3 Å². The molecule has 1 aliphatic heterocycles. The third-order valence-electron chi connectivity index (χ3n) is 7.47. The molecule has 1 aliphatic rings. The second-order valence-corrected chi connectivity index (χ2v) is 10.1. The van der Waals surface area contributed by atoms with Gasteiger partial charge >= 0.3 is 0 Å². The largest absolute Gasteiger partial charge is 0.368 e. The second-order valence-electron chi connectivity index (χ2n) is 10.1. The van der Waals surface area contributed by atoms with Crippen LogP contribution in [-0.4, -0.2) is 51.7 Å². The molecule has 0 atom stereocenters. The Balaban J connectivity index is 1.39. The van der Waals surface area contributed by atoms with Gasteiger partial charge in [0, 0.05) is 54.4 Å². The summed E-state index contributed by atoms with van der Waals surface area (Å²) in [5.74, 6) is -0.0230. The summed E-state index contributed by atoms with van der Waals surface area (Å²) in [7, 11) is 0. The van der Waals surface area contributed by atoms with E-state index in [9.17, 15) is 19.7 Å². The Hall–Kier alpha value is -5.31. The van der Waals surface area contributed by atoms with Crippen LogP contribution < -0.4 is 10.5 Å². The minimum atomic E-state index is -0.496. The molecule has 1 saturated heterocycles. The number of nitro benzene ring substituents is 1. The fraction of sp³-hybridized carbons (Fsp3) is 0.156. The van der Waals surface area contributed by atoms with Gasteiger partial charge in [0.1, 0.15) is 5.69 Å². The first-order valence-corrected chi connectivity index (χ1v) is 13.4. The van der Waals surface area contributed by atoms with E-state index in [2.05, 4.69) is 4.90 Å². The summed E-state index contributed by atoms with van der Waals surface area (Å²) in [6.45, 7) is 4.09. The van der Waals surface area contributed by atoms with Gasteiger partial charge in [-0.15, -0.1) is 0 Å². The highest BCUT2D eigenvalue weighted by atomic mass is 16.6. The number of piperazine rings is 1. The summed E-state index contributed by atoms with van der Waals surface area (Å²) in [4.78, 5) is 42.1. The quantitative estimate of drug-likeness (QED) is 0.221. The van der Waals surface area contributed by atoms with Crippen LogP contribution in [-0.2, 0) is 0 Å². The van der Waals surface area contributed by atoms with Gasteiger partial charge in [0.2, 0.25) is 0 Å². The number of carbonyl (C=O) groups excluding carboxylic acids is 1. The smallest absolute Gasteiger partial charge is 0.295 e. The lowest BCUT2D eigenvalue weighted by atomic mass is 10.0. The second kappa shape index (κ2) is 10.7. The van der Waals surface area contributed by atoms with Gasteiger partial charge in [-0.2, -0.15) is 9.78 Å². The van der Waals surface area contributed by atoms with Crippen molar-refractivity contribution in [2.45, 2.75) is 6.92 Å². The third kappa shape index (κ3) is 4.93. The number of amides is 1. The van der Waals surface area contributed by atoms with E-state index in [0.717, 1.165) is 21.5 Å². The Labute approximate surface area is 236 Å². The average molecular weight is 546 g/mol. The zero-order valence-electron chi connectivity index (χ0n) is 22.4. The third-order valence-corrected chi connectivity index (χ3v) is 7.47. The zero-order chi connectivity index (χ0) is 28.5. The Morgan fingerprint density at radius 2 is 1.49 bits per heavy atom. The number of nitro groups is 1. The number of fused-ring (bicyclic) bond motifs is 1. The first kappa shape index (κ1) is 25.9. The summed E-state index contributed by atoms with van der Waals surface area (Å²) in [5.41, 5.74) is 3.26. The molecule has 0 unspecified atom stereocenters. The molecule has 0 aliphatic carbocycles. The summed E-state index contributed by atoms with van der Waals surface area (Å²) >= 11 is 0. The van der Waals surface area contributed by atoms with E-state index < -0.39 is 10.5 Å². The molecule has 9 heteroatoms. The van der Waals surface area contributed by atoms with Crippen molar-refractivity contribution in [2.75, 3.05) is 31.1 Å². The van der Waals surface area contributed by atoms with Gasteiger partial charge in [-0.25, -0.2) is 0 Å². The molecule has 0 N–H and O–H groups in total. The van der Waals surface area contributed by atoms with Crippen LogP contribution in [0.4, 0.5) is 11.4 Å². The molecule has 0 radical (unpaired) electrons. The normalized spacial score (nSPS) is 13.4. The average Bonchev–Trinajstić information content (AvgIpc) is 3.02. The molecule has 2 heterocycles.